The number of nitrogens with zero attached hydrogens (tertiary/aromatic N) is 5. The molecule has 1 aliphatic heterocycles. The maximum absolute atomic E-state index is 4.81. The first kappa shape index (κ1) is 21.4. The molecule has 0 bridgehead atoms. The number of aryl methyl sites for hydroxylation is 1. The molecule has 1 atom stereocenters. The van der Waals surface area contributed by atoms with Gasteiger partial charge in [-0.05, 0) is 50.9 Å². The molecule has 0 aliphatic carbocycles. The zero-order valence-electron chi connectivity index (χ0n) is 18.9. The third-order valence-corrected chi connectivity index (χ3v) is 6.33. The second-order valence-corrected chi connectivity index (χ2v) is 8.23. The van der Waals surface area contributed by atoms with Crippen LogP contribution in [-0.4, -0.2) is 62.8 Å². The average molecular weight is 423 g/mol. The number of aromatic nitrogens is 4. The van der Waals surface area contributed by atoms with E-state index in [1.165, 1.54) is 35.9 Å². The van der Waals surface area contributed by atoms with Crippen LogP contribution < -0.4 is 10.6 Å². The minimum Gasteiger partial charge on any atom is -0.361 e. The van der Waals surface area contributed by atoms with Gasteiger partial charge in [0, 0.05) is 43.3 Å². The van der Waals surface area contributed by atoms with Gasteiger partial charge in [0.05, 0.1) is 0 Å². The number of likely N-dealkylation sites (N-methyl/N-ethyl adjacent to an activating group) is 1. The minimum absolute atomic E-state index is 0.502. The van der Waals surface area contributed by atoms with Gasteiger partial charge in [-0.3, -0.25) is 4.90 Å². The predicted molar refractivity (Wildman–Crippen MR) is 125 cm³/mol. The molecule has 0 spiro atoms. The van der Waals surface area contributed by atoms with Gasteiger partial charge >= 0.3 is 0 Å². The number of aliphatic imine (C=N–C) groups is 1. The van der Waals surface area contributed by atoms with Crippen LogP contribution in [0, 0.1) is 6.92 Å². The van der Waals surface area contributed by atoms with Gasteiger partial charge < -0.3 is 20.2 Å². The Morgan fingerprint density at radius 2 is 2.13 bits per heavy atom. The van der Waals surface area contributed by atoms with E-state index < -0.39 is 0 Å². The lowest BCUT2D eigenvalue weighted by Crippen LogP contribution is -2.45. The van der Waals surface area contributed by atoms with Crippen molar-refractivity contribution in [2.24, 2.45) is 12.0 Å². The number of hydrogen-bond donors (Lipinski definition) is 3. The molecule has 3 N–H and O–H groups in total. The zero-order chi connectivity index (χ0) is 21.6. The number of rotatable bonds is 8. The second kappa shape index (κ2) is 9.96. The maximum atomic E-state index is 4.81. The zero-order valence-corrected chi connectivity index (χ0v) is 18.9. The van der Waals surface area contributed by atoms with Gasteiger partial charge in [0.15, 0.2) is 11.8 Å². The summed E-state index contributed by atoms with van der Waals surface area (Å²) >= 11 is 0. The summed E-state index contributed by atoms with van der Waals surface area (Å²) in [6, 6.07) is 9.01. The van der Waals surface area contributed by atoms with Crippen molar-refractivity contribution >= 4 is 16.9 Å². The second-order valence-electron chi connectivity index (χ2n) is 8.23. The Balaban J connectivity index is 1.39. The Kier molecular flexibility index (Phi) is 6.86. The molecule has 1 saturated heterocycles. The van der Waals surface area contributed by atoms with Crippen molar-refractivity contribution in [1.29, 1.82) is 0 Å². The number of guanidine groups is 1. The number of nitrogens with one attached hydrogen (secondary N) is 3. The molecule has 166 valence electrons. The van der Waals surface area contributed by atoms with Crippen molar-refractivity contribution in [2.45, 2.75) is 45.7 Å². The Hall–Kier alpha value is -2.87. The molecule has 0 radical (unpaired) electrons. The lowest BCUT2D eigenvalue weighted by molar-refractivity contribution is 0.267. The molecule has 8 nitrogen and oxygen atoms in total. The van der Waals surface area contributed by atoms with Crippen LogP contribution in [0.15, 0.2) is 35.5 Å². The van der Waals surface area contributed by atoms with Gasteiger partial charge in [-0.1, -0.05) is 25.1 Å². The first-order valence-corrected chi connectivity index (χ1v) is 11.3. The van der Waals surface area contributed by atoms with Crippen LogP contribution >= 0.6 is 0 Å². The molecule has 1 aromatic carbocycles. The number of H-pyrrole nitrogens is 1. The van der Waals surface area contributed by atoms with E-state index in [4.69, 9.17) is 4.99 Å². The fourth-order valence-corrected chi connectivity index (χ4v) is 4.32. The topological polar surface area (TPSA) is 86.2 Å². The third kappa shape index (κ3) is 5.07. The number of para-hydroxylation sites is 1. The first-order chi connectivity index (χ1) is 15.2. The fraction of sp³-hybridized carbons (Fsp3) is 0.522. The Labute approximate surface area is 184 Å². The normalized spacial score (nSPS) is 17.5. The molecule has 2 aromatic heterocycles. The van der Waals surface area contributed by atoms with Crippen molar-refractivity contribution < 1.29 is 0 Å². The molecule has 1 unspecified atom stereocenters. The summed E-state index contributed by atoms with van der Waals surface area (Å²) in [5.41, 5.74) is 2.50. The van der Waals surface area contributed by atoms with Crippen LogP contribution in [0.3, 0.4) is 0 Å². The molecule has 3 heterocycles. The van der Waals surface area contributed by atoms with Crippen molar-refractivity contribution in [3.63, 3.8) is 0 Å². The summed E-state index contributed by atoms with van der Waals surface area (Å²) < 4.78 is 1.99. The van der Waals surface area contributed by atoms with E-state index in [-0.39, 0.29) is 0 Å². The standard InChI is InChI=1S/C23H34N8/c1-4-31-13-7-8-19(31)15-26-23(27-16-22-29-28-17(2)30(22)3)24-12-11-18-14-25-21-10-6-5-9-20(18)21/h5-6,9-10,14,19,25H,4,7-8,11-13,15-16H2,1-3H3,(H2,24,26,27). The molecule has 8 heteroatoms. The van der Waals surface area contributed by atoms with Crippen molar-refractivity contribution in [1.82, 2.24) is 35.3 Å². The van der Waals surface area contributed by atoms with Gasteiger partial charge in [0.2, 0.25) is 0 Å². The molecule has 31 heavy (non-hydrogen) atoms. The smallest absolute Gasteiger partial charge is 0.191 e. The van der Waals surface area contributed by atoms with Gasteiger partial charge in [-0.15, -0.1) is 10.2 Å². The highest BCUT2D eigenvalue weighted by molar-refractivity contribution is 5.83. The Bertz CT molecular complexity index is 1020. The summed E-state index contributed by atoms with van der Waals surface area (Å²) in [6.45, 7) is 8.72. The number of hydrogen-bond acceptors (Lipinski definition) is 4. The molecule has 4 rings (SSSR count). The lowest BCUT2D eigenvalue weighted by atomic mass is 10.1. The lowest BCUT2D eigenvalue weighted by Gasteiger charge is -2.24. The molecule has 1 fully saturated rings. The highest BCUT2D eigenvalue weighted by atomic mass is 15.3. The van der Waals surface area contributed by atoms with Crippen molar-refractivity contribution in [3.05, 3.63) is 47.7 Å². The van der Waals surface area contributed by atoms with E-state index in [1.807, 2.05) is 18.5 Å². The molecule has 3 aromatic rings. The number of benzene rings is 1. The summed E-state index contributed by atoms with van der Waals surface area (Å²) in [6.07, 6.45) is 5.56. The largest absolute Gasteiger partial charge is 0.361 e. The fourth-order valence-electron chi connectivity index (χ4n) is 4.32. The molecule has 1 aliphatic rings. The molecule has 0 amide bonds. The summed E-state index contributed by atoms with van der Waals surface area (Å²) in [4.78, 5) is 10.7. The van der Waals surface area contributed by atoms with E-state index in [0.717, 1.165) is 43.7 Å². The monoisotopic (exact) mass is 422 g/mol. The van der Waals surface area contributed by atoms with Gasteiger partial charge in [0.1, 0.15) is 12.4 Å². The highest BCUT2D eigenvalue weighted by Gasteiger charge is 2.22. The molecular weight excluding hydrogens is 388 g/mol. The molecule has 0 saturated carbocycles. The highest BCUT2D eigenvalue weighted by Crippen LogP contribution is 2.18. The predicted octanol–water partition coefficient (Wildman–Crippen LogP) is 2.37. The van der Waals surface area contributed by atoms with E-state index in [1.54, 1.807) is 0 Å². The summed E-state index contributed by atoms with van der Waals surface area (Å²) in [5, 5.41) is 16.8. The van der Waals surface area contributed by atoms with E-state index >= 15 is 0 Å². The number of aromatic amines is 1. The number of likely N-dealkylation sites (tertiary alicyclic amines) is 1. The van der Waals surface area contributed by atoms with E-state index in [9.17, 15) is 0 Å². The average Bonchev–Trinajstić information content (AvgIpc) is 3.50. The van der Waals surface area contributed by atoms with Crippen molar-refractivity contribution in [3.8, 4) is 0 Å². The summed E-state index contributed by atoms with van der Waals surface area (Å²) in [5.74, 6) is 2.60. The number of fused-ring (bicyclic) bond motifs is 1. The Morgan fingerprint density at radius 1 is 1.26 bits per heavy atom. The SMILES string of the molecule is CCN1CCCC1CNC(=NCc1nnc(C)n1C)NCCc1c[nH]c2ccccc12. The van der Waals surface area contributed by atoms with Crippen LogP contribution in [-0.2, 0) is 20.0 Å². The van der Waals surface area contributed by atoms with Gasteiger partial charge in [0.25, 0.3) is 0 Å². The van der Waals surface area contributed by atoms with Crippen LogP contribution in [0.5, 0.6) is 0 Å². The van der Waals surface area contributed by atoms with Gasteiger partial charge in [-0.25, -0.2) is 4.99 Å². The van der Waals surface area contributed by atoms with Crippen LogP contribution in [0.2, 0.25) is 0 Å². The molecular formula is C23H34N8. The quantitative estimate of drug-likeness (QED) is 0.383. The Morgan fingerprint density at radius 3 is 2.94 bits per heavy atom. The van der Waals surface area contributed by atoms with Gasteiger partial charge in [-0.2, -0.15) is 0 Å². The minimum atomic E-state index is 0.502. The van der Waals surface area contributed by atoms with Crippen LogP contribution in [0.4, 0.5) is 0 Å². The van der Waals surface area contributed by atoms with Crippen molar-refractivity contribution in [2.75, 3.05) is 26.2 Å². The summed E-state index contributed by atoms with van der Waals surface area (Å²) in [7, 11) is 1.98. The maximum Gasteiger partial charge on any atom is 0.191 e. The third-order valence-electron chi connectivity index (χ3n) is 6.33. The van der Waals surface area contributed by atoms with Crippen LogP contribution in [0.25, 0.3) is 10.9 Å². The van der Waals surface area contributed by atoms with E-state index in [0.29, 0.717) is 12.6 Å². The first-order valence-electron chi connectivity index (χ1n) is 11.3. The van der Waals surface area contributed by atoms with Crippen LogP contribution in [0.1, 0.15) is 37.0 Å². The van der Waals surface area contributed by atoms with E-state index in [2.05, 4.69) is 68.1 Å².